The fourth-order valence-corrected chi connectivity index (χ4v) is 9.48. The number of esters is 1. The van der Waals surface area contributed by atoms with Gasteiger partial charge in [-0.05, 0) is 51.4 Å². The van der Waals surface area contributed by atoms with E-state index in [9.17, 15) is 19.8 Å². The third-order valence-corrected chi connectivity index (χ3v) is 14.1. The summed E-state index contributed by atoms with van der Waals surface area (Å²) in [5, 5.41) is 23.9. The molecule has 0 fully saturated rings. The van der Waals surface area contributed by atoms with Crippen molar-refractivity contribution in [3.63, 3.8) is 0 Å². The van der Waals surface area contributed by atoms with E-state index < -0.39 is 18.2 Å². The minimum absolute atomic E-state index is 0.0659. The van der Waals surface area contributed by atoms with Crippen LogP contribution in [0.5, 0.6) is 0 Å². The van der Waals surface area contributed by atoms with Crippen molar-refractivity contribution >= 4 is 11.9 Å². The Kier molecular flexibility index (Phi) is 53.9. The second-order valence-electron chi connectivity index (χ2n) is 20.8. The molecule has 0 radical (unpaired) electrons. The maximum atomic E-state index is 13.3. The third kappa shape index (κ3) is 50.5. The molecule has 3 unspecified atom stereocenters. The predicted octanol–water partition coefficient (Wildman–Crippen LogP) is 18.6. The second kappa shape index (κ2) is 55.3. The lowest BCUT2D eigenvalue weighted by molar-refractivity contribution is -0.151. The Labute approximate surface area is 418 Å². The molecule has 0 heterocycles. The van der Waals surface area contributed by atoms with Gasteiger partial charge in [0.1, 0.15) is 6.10 Å². The number of carbonyl (C=O) groups is 2. The predicted molar refractivity (Wildman–Crippen MR) is 292 cm³/mol. The van der Waals surface area contributed by atoms with E-state index in [1.54, 1.807) is 0 Å². The number of hydrogen-bond acceptors (Lipinski definition) is 5. The van der Waals surface area contributed by atoms with Gasteiger partial charge in [-0.1, -0.05) is 289 Å². The minimum Gasteiger partial charge on any atom is -0.462 e. The van der Waals surface area contributed by atoms with Crippen molar-refractivity contribution in [3.8, 4) is 0 Å². The highest BCUT2D eigenvalue weighted by Gasteiger charge is 2.24. The van der Waals surface area contributed by atoms with Gasteiger partial charge < -0.3 is 20.3 Å². The number of hydrogen-bond donors (Lipinski definition) is 3. The Morgan fingerprint density at radius 2 is 0.746 bits per heavy atom. The van der Waals surface area contributed by atoms with Crippen LogP contribution < -0.4 is 5.32 Å². The van der Waals surface area contributed by atoms with Crippen LogP contribution in [0.2, 0.25) is 0 Å². The summed E-state index contributed by atoms with van der Waals surface area (Å²) in [6.07, 6.45) is 65.3. The van der Waals surface area contributed by atoms with Gasteiger partial charge >= 0.3 is 5.97 Å². The van der Waals surface area contributed by atoms with Crippen molar-refractivity contribution in [2.24, 2.45) is 0 Å². The van der Waals surface area contributed by atoms with Crippen LogP contribution >= 0.6 is 0 Å². The number of aliphatic hydroxyl groups excluding tert-OH is 2. The number of rotatable bonds is 55. The fourth-order valence-electron chi connectivity index (χ4n) is 9.48. The summed E-state index contributed by atoms with van der Waals surface area (Å²) >= 11 is 0. The number of ether oxygens (including phenoxy) is 1. The standard InChI is InChI=1S/C61H117NO5/c1-4-7-10-13-16-19-22-25-28-30-31-33-36-39-42-45-48-51-54-61(66)67-57(52-49-46-43-40-37-34-32-29-26-23-20-17-14-11-8-5-2)55-60(65)62-58(56-63)59(64)53-50-47-44-41-38-35-27-24-21-18-15-12-9-6-3/h29,32,34,37,57-59,63-64H,4-28,30-31,33,35-36,38-56H2,1-3H3,(H,62,65)/b32-29+,37-34+. The smallest absolute Gasteiger partial charge is 0.306 e. The zero-order chi connectivity index (χ0) is 48.8. The molecule has 0 rings (SSSR count). The molecule has 0 saturated heterocycles. The van der Waals surface area contributed by atoms with Crippen LogP contribution in [0.4, 0.5) is 0 Å². The van der Waals surface area contributed by atoms with E-state index in [0.717, 1.165) is 64.2 Å². The maximum Gasteiger partial charge on any atom is 0.306 e. The fraction of sp³-hybridized carbons (Fsp3) is 0.902. The summed E-state index contributed by atoms with van der Waals surface area (Å²) in [6.45, 7) is 6.52. The van der Waals surface area contributed by atoms with E-state index in [-0.39, 0.29) is 24.9 Å². The molecular formula is C61H117NO5. The van der Waals surface area contributed by atoms with Crippen molar-refractivity contribution < 1.29 is 24.5 Å². The van der Waals surface area contributed by atoms with Gasteiger partial charge in [-0.3, -0.25) is 9.59 Å². The number of unbranched alkanes of at least 4 members (excludes halogenated alkanes) is 40. The first-order chi connectivity index (χ1) is 33.0. The molecule has 6 nitrogen and oxygen atoms in total. The monoisotopic (exact) mass is 944 g/mol. The highest BCUT2D eigenvalue weighted by atomic mass is 16.5. The van der Waals surface area contributed by atoms with Gasteiger partial charge in [-0.2, -0.15) is 0 Å². The first-order valence-electron chi connectivity index (χ1n) is 30.1. The van der Waals surface area contributed by atoms with Crippen LogP contribution in [0.3, 0.4) is 0 Å². The molecule has 0 bridgehead atoms. The summed E-state index contributed by atoms with van der Waals surface area (Å²) < 4.78 is 5.96. The highest BCUT2D eigenvalue weighted by Crippen LogP contribution is 2.19. The second-order valence-corrected chi connectivity index (χ2v) is 20.8. The highest BCUT2D eigenvalue weighted by molar-refractivity contribution is 5.77. The van der Waals surface area contributed by atoms with E-state index >= 15 is 0 Å². The SMILES string of the molecule is CCCCCCCCC/C=C/C=C/CCCCCC(CC(=O)NC(CO)C(O)CCCCCCCCCCCCCCCC)OC(=O)CCCCCCCCCCCCCCCCCCCC. The number of amides is 1. The number of carbonyl (C=O) groups excluding carboxylic acids is 2. The van der Waals surface area contributed by atoms with E-state index in [2.05, 4.69) is 50.4 Å². The normalized spacial score (nSPS) is 13.2. The summed E-state index contributed by atoms with van der Waals surface area (Å²) in [5.74, 6) is -0.478. The van der Waals surface area contributed by atoms with Crippen LogP contribution in [0.15, 0.2) is 24.3 Å². The summed E-state index contributed by atoms with van der Waals surface area (Å²) in [5.41, 5.74) is 0. The maximum absolute atomic E-state index is 13.3. The molecule has 1 amide bonds. The number of nitrogens with one attached hydrogen (secondary N) is 1. The Balaban J connectivity index is 4.55. The van der Waals surface area contributed by atoms with Crippen LogP contribution in [0, 0.1) is 0 Å². The Morgan fingerprint density at radius 3 is 1.12 bits per heavy atom. The summed E-state index contributed by atoms with van der Waals surface area (Å²) in [7, 11) is 0. The molecule has 0 aliphatic carbocycles. The Morgan fingerprint density at radius 1 is 0.433 bits per heavy atom. The molecule has 0 aromatic heterocycles. The van der Waals surface area contributed by atoms with Crippen LogP contribution in [-0.2, 0) is 14.3 Å². The minimum atomic E-state index is -0.792. The van der Waals surface area contributed by atoms with E-state index in [1.807, 2.05) is 0 Å². The van der Waals surface area contributed by atoms with Gasteiger partial charge in [0.2, 0.25) is 5.91 Å². The molecule has 6 heteroatoms. The zero-order valence-electron chi connectivity index (χ0n) is 45.3. The molecular weight excluding hydrogens is 827 g/mol. The van der Waals surface area contributed by atoms with Crippen molar-refractivity contribution in [1.82, 2.24) is 5.32 Å². The molecule has 3 N–H and O–H groups in total. The molecule has 0 aliphatic heterocycles. The van der Waals surface area contributed by atoms with Gasteiger partial charge in [-0.15, -0.1) is 0 Å². The van der Waals surface area contributed by atoms with E-state index in [1.165, 1.54) is 218 Å². The molecule has 0 aliphatic rings. The van der Waals surface area contributed by atoms with Gasteiger partial charge in [0.25, 0.3) is 0 Å². The van der Waals surface area contributed by atoms with Gasteiger partial charge in [-0.25, -0.2) is 0 Å². The van der Waals surface area contributed by atoms with Crippen LogP contribution in [0.1, 0.15) is 329 Å². The average Bonchev–Trinajstić information content (AvgIpc) is 3.32. The van der Waals surface area contributed by atoms with Crippen molar-refractivity contribution in [3.05, 3.63) is 24.3 Å². The van der Waals surface area contributed by atoms with Gasteiger partial charge in [0.05, 0.1) is 25.2 Å². The van der Waals surface area contributed by atoms with Crippen molar-refractivity contribution in [2.45, 2.75) is 347 Å². The van der Waals surface area contributed by atoms with E-state index in [4.69, 9.17) is 4.74 Å². The summed E-state index contributed by atoms with van der Waals surface area (Å²) in [4.78, 5) is 26.3. The quantitative estimate of drug-likeness (QED) is 0.0321. The van der Waals surface area contributed by atoms with Gasteiger partial charge in [0, 0.05) is 6.42 Å². The zero-order valence-corrected chi connectivity index (χ0v) is 45.3. The molecule has 3 atom stereocenters. The first-order valence-corrected chi connectivity index (χ1v) is 30.1. The molecule has 0 spiro atoms. The topological polar surface area (TPSA) is 95.9 Å². The number of aliphatic hydroxyl groups is 2. The lowest BCUT2D eigenvalue weighted by atomic mass is 10.0. The molecule has 0 saturated carbocycles. The molecule has 396 valence electrons. The van der Waals surface area contributed by atoms with Crippen molar-refractivity contribution in [2.75, 3.05) is 6.61 Å². The largest absolute Gasteiger partial charge is 0.462 e. The summed E-state index contributed by atoms with van der Waals surface area (Å²) in [6, 6.07) is -0.707. The lowest BCUT2D eigenvalue weighted by Crippen LogP contribution is -2.46. The van der Waals surface area contributed by atoms with Crippen molar-refractivity contribution in [1.29, 1.82) is 0 Å². The molecule has 0 aromatic rings. The third-order valence-electron chi connectivity index (χ3n) is 14.1. The molecule has 67 heavy (non-hydrogen) atoms. The number of allylic oxidation sites excluding steroid dienone is 4. The van der Waals surface area contributed by atoms with E-state index in [0.29, 0.717) is 19.3 Å². The average molecular weight is 945 g/mol. The first kappa shape index (κ1) is 65.3. The lowest BCUT2D eigenvalue weighted by Gasteiger charge is -2.24. The molecule has 0 aromatic carbocycles. The Hall–Kier alpha value is -1.66. The van der Waals surface area contributed by atoms with Gasteiger partial charge in [0.15, 0.2) is 0 Å². The Bertz CT molecular complexity index is 1060. The van der Waals surface area contributed by atoms with Crippen LogP contribution in [0.25, 0.3) is 0 Å². The van der Waals surface area contributed by atoms with Crippen LogP contribution in [-0.4, -0.2) is 46.9 Å².